The molecule has 1 fully saturated rings. The molecule has 0 bridgehead atoms. The minimum Gasteiger partial charge on any atom is -0.321 e. The van der Waals surface area contributed by atoms with E-state index in [1.165, 1.54) is 31.4 Å². The smallest absolute Gasteiger partial charge is 0.0510 e. The van der Waals surface area contributed by atoms with Gasteiger partial charge in [-0.3, -0.25) is 4.90 Å². The lowest BCUT2D eigenvalue weighted by Crippen LogP contribution is -2.46. The lowest BCUT2D eigenvalue weighted by molar-refractivity contribution is 0.198. The Morgan fingerprint density at radius 1 is 1.35 bits per heavy atom. The molecule has 1 aliphatic heterocycles. The molecule has 2 atom stereocenters. The second-order valence-corrected chi connectivity index (χ2v) is 5.46. The van der Waals surface area contributed by atoms with Gasteiger partial charge in [0, 0.05) is 12.6 Å². The molecule has 1 aromatic rings. The summed E-state index contributed by atoms with van der Waals surface area (Å²) in [6.07, 6.45) is 3.90. The van der Waals surface area contributed by atoms with Gasteiger partial charge in [-0.2, -0.15) is 0 Å². The van der Waals surface area contributed by atoms with Crippen molar-refractivity contribution in [1.82, 2.24) is 4.90 Å². The summed E-state index contributed by atoms with van der Waals surface area (Å²) in [5.74, 6) is 0. The fourth-order valence-electron chi connectivity index (χ4n) is 2.90. The van der Waals surface area contributed by atoms with Gasteiger partial charge < -0.3 is 5.73 Å². The van der Waals surface area contributed by atoms with E-state index in [4.69, 9.17) is 5.73 Å². The molecule has 0 amide bonds. The van der Waals surface area contributed by atoms with Crippen molar-refractivity contribution in [2.75, 3.05) is 13.1 Å². The van der Waals surface area contributed by atoms with Gasteiger partial charge in [0.15, 0.2) is 0 Å². The topological polar surface area (TPSA) is 29.3 Å². The van der Waals surface area contributed by atoms with Gasteiger partial charge in [-0.25, -0.2) is 0 Å². The molecule has 94 valence electrons. The molecule has 1 aliphatic rings. The summed E-state index contributed by atoms with van der Waals surface area (Å²) in [6.45, 7) is 6.60. The maximum absolute atomic E-state index is 6.49. The van der Waals surface area contributed by atoms with Gasteiger partial charge in [-0.05, 0) is 38.3 Å². The predicted octanol–water partition coefficient (Wildman–Crippen LogP) is 2.73. The predicted molar refractivity (Wildman–Crippen MR) is 72.9 cm³/mol. The quantitative estimate of drug-likeness (QED) is 0.865. The summed E-state index contributed by atoms with van der Waals surface area (Å²) >= 11 is 0. The van der Waals surface area contributed by atoms with Crippen LogP contribution < -0.4 is 5.73 Å². The van der Waals surface area contributed by atoms with Crippen molar-refractivity contribution in [1.29, 1.82) is 0 Å². The summed E-state index contributed by atoms with van der Waals surface area (Å²) in [5, 5.41) is 0. The van der Waals surface area contributed by atoms with Crippen LogP contribution in [0.3, 0.4) is 0 Å². The molecule has 0 aliphatic carbocycles. The van der Waals surface area contributed by atoms with E-state index in [2.05, 4.69) is 43.0 Å². The van der Waals surface area contributed by atoms with Crippen molar-refractivity contribution < 1.29 is 0 Å². The van der Waals surface area contributed by atoms with Crippen molar-refractivity contribution in [3.8, 4) is 0 Å². The second kappa shape index (κ2) is 5.19. The highest BCUT2D eigenvalue weighted by Crippen LogP contribution is 2.25. The maximum Gasteiger partial charge on any atom is 0.0510 e. The van der Waals surface area contributed by atoms with E-state index in [-0.39, 0.29) is 5.54 Å². The first-order chi connectivity index (χ1) is 8.13. The molecule has 0 radical (unpaired) electrons. The summed E-state index contributed by atoms with van der Waals surface area (Å²) < 4.78 is 0. The minimum absolute atomic E-state index is 0.237. The third-order valence-corrected chi connectivity index (χ3v) is 3.94. The van der Waals surface area contributed by atoms with Crippen LogP contribution in [0.4, 0.5) is 0 Å². The molecule has 2 nitrogen and oxygen atoms in total. The number of hydrogen-bond donors (Lipinski definition) is 1. The Kier molecular flexibility index (Phi) is 3.85. The lowest BCUT2D eigenvalue weighted by atomic mass is 9.92. The molecule has 0 saturated carbocycles. The van der Waals surface area contributed by atoms with Crippen LogP contribution >= 0.6 is 0 Å². The number of likely N-dealkylation sites (tertiary alicyclic amines) is 1. The highest BCUT2D eigenvalue weighted by atomic mass is 15.2. The van der Waals surface area contributed by atoms with Crippen LogP contribution in [0, 0.1) is 0 Å². The third-order valence-electron chi connectivity index (χ3n) is 3.94. The highest BCUT2D eigenvalue weighted by Gasteiger charge is 2.30. The molecular weight excluding hydrogens is 208 g/mol. The first kappa shape index (κ1) is 12.6. The van der Waals surface area contributed by atoms with Gasteiger partial charge in [0.2, 0.25) is 0 Å². The average molecular weight is 232 g/mol. The third kappa shape index (κ3) is 2.88. The van der Waals surface area contributed by atoms with Crippen LogP contribution in [0.1, 0.15) is 38.7 Å². The number of nitrogens with two attached hydrogens (primary N) is 1. The number of rotatable bonds is 4. The minimum atomic E-state index is -0.237. The summed E-state index contributed by atoms with van der Waals surface area (Å²) in [7, 11) is 0. The normalized spacial score (nSPS) is 24.8. The van der Waals surface area contributed by atoms with E-state index in [0.29, 0.717) is 0 Å². The van der Waals surface area contributed by atoms with Gasteiger partial charge in [-0.15, -0.1) is 0 Å². The Morgan fingerprint density at radius 3 is 2.71 bits per heavy atom. The SMILES string of the molecule is CCC1CCCN1CC(C)(N)c1ccccc1. The standard InChI is InChI=1S/C15H24N2/c1-3-14-10-7-11-17(14)12-15(2,16)13-8-5-4-6-9-13/h4-6,8-9,14H,3,7,10-12,16H2,1-2H3. The van der Waals surface area contributed by atoms with E-state index >= 15 is 0 Å². The van der Waals surface area contributed by atoms with Gasteiger partial charge in [0.25, 0.3) is 0 Å². The Balaban J connectivity index is 2.07. The second-order valence-electron chi connectivity index (χ2n) is 5.46. The van der Waals surface area contributed by atoms with Gasteiger partial charge in [0.1, 0.15) is 0 Å². The first-order valence-corrected chi connectivity index (χ1v) is 6.72. The van der Waals surface area contributed by atoms with Crippen LogP contribution in [-0.4, -0.2) is 24.0 Å². The fraction of sp³-hybridized carbons (Fsp3) is 0.600. The van der Waals surface area contributed by atoms with E-state index in [1.807, 2.05) is 6.07 Å². The highest BCUT2D eigenvalue weighted by molar-refractivity contribution is 5.23. The van der Waals surface area contributed by atoms with Crippen LogP contribution in [0.5, 0.6) is 0 Å². The maximum atomic E-state index is 6.49. The van der Waals surface area contributed by atoms with Crippen LogP contribution in [0.25, 0.3) is 0 Å². The Morgan fingerprint density at radius 2 is 2.06 bits per heavy atom. The van der Waals surface area contributed by atoms with Crippen molar-refractivity contribution in [2.24, 2.45) is 5.73 Å². The number of benzene rings is 1. The monoisotopic (exact) mass is 232 g/mol. The fourth-order valence-corrected chi connectivity index (χ4v) is 2.90. The first-order valence-electron chi connectivity index (χ1n) is 6.72. The van der Waals surface area contributed by atoms with E-state index in [9.17, 15) is 0 Å². The Bertz CT molecular complexity index is 345. The molecule has 2 unspecified atom stereocenters. The molecule has 2 heteroatoms. The Hall–Kier alpha value is -0.860. The zero-order valence-corrected chi connectivity index (χ0v) is 11.0. The van der Waals surface area contributed by atoms with Crippen molar-refractivity contribution in [3.05, 3.63) is 35.9 Å². The van der Waals surface area contributed by atoms with E-state index < -0.39 is 0 Å². The lowest BCUT2D eigenvalue weighted by Gasteiger charge is -2.33. The average Bonchev–Trinajstić information content (AvgIpc) is 2.77. The van der Waals surface area contributed by atoms with Gasteiger partial charge >= 0.3 is 0 Å². The van der Waals surface area contributed by atoms with Crippen LogP contribution in [0.2, 0.25) is 0 Å². The van der Waals surface area contributed by atoms with E-state index in [1.54, 1.807) is 0 Å². The van der Waals surface area contributed by atoms with Crippen LogP contribution in [0.15, 0.2) is 30.3 Å². The molecule has 0 spiro atoms. The molecule has 1 aromatic carbocycles. The Labute approximate surface area is 105 Å². The molecular formula is C15H24N2. The van der Waals surface area contributed by atoms with Crippen molar-refractivity contribution in [2.45, 2.75) is 44.7 Å². The zero-order chi connectivity index (χ0) is 12.3. The largest absolute Gasteiger partial charge is 0.321 e. The van der Waals surface area contributed by atoms with Crippen LogP contribution in [-0.2, 0) is 5.54 Å². The van der Waals surface area contributed by atoms with Crippen molar-refractivity contribution in [3.63, 3.8) is 0 Å². The molecule has 2 N–H and O–H groups in total. The van der Waals surface area contributed by atoms with E-state index in [0.717, 1.165) is 12.6 Å². The molecule has 2 rings (SSSR count). The van der Waals surface area contributed by atoms with Gasteiger partial charge in [0.05, 0.1) is 5.54 Å². The summed E-state index contributed by atoms with van der Waals surface area (Å²) in [4.78, 5) is 2.56. The summed E-state index contributed by atoms with van der Waals surface area (Å²) in [5.41, 5.74) is 7.49. The number of nitrogens with zero attached hydrogens (tertiary/aromatic N) is 1. The number of hydrogen-bond acceptors (Lipinski definition) is 2. The van der Waals surface area contributed by atoms with Gasteiger partial charge in [-0.1, -0.05) is 37.3 Å². The molecule has 1 heterocycles. The molecule has 0 aromatic heterocycles. The molecule has 1 saturated heterocycles. The molecule has 17 heavy (non-hydrogen) atoms. The van der Waals surface area contributed by atoms with Crippen molar-refractivity contribution >= 4 is 0 Å². The zero-order valence-electron chi connectivity index (χ0n) is 11.0. The summed E-state index contributed by atoms with van der Waals surface area (Å²) in [6, 6.07) is 11.2.